The molecule has 2 saturated heterocycles. The number of hydrogen-bond acceptors (Lipinski definition) is 4. The summed E-state index contributed by atoms with van der Waals surface area (Å²) in [6.07, 6.45) is 5.06. The third-order valence-corrected chi connectivity index (χ3v) is 5.67. The summed E-state index contributed by atoms with van der Waals surface area (Å²) < 4.78 is 11.6. The molecule has 0 aromatic rings. The molecule has 0 aromatic carbocycles. The number of carbonyl (C=O) groups excluding carboxylic acids is 2. The fourth-order valence-electron chi connectivity index (χ4n) is 4.14. The lowest BCUT2D eigenvalue weighted by atomic mass is 9.75. The topological polar surface area (TPSA) is 59.1 Å². The van der Waals surface area contributed by atoms with Gasteiger partial charge in [0.1, 0.15) is 6.61 Å². The molecule has 3 aliphatic rings. The molecule has 3 fully saturated rings. The Morgan fingerprint density at radius 1 is 1.21 bits per heavy atom. The Balaban J connectivity index is 1.43. The highest BCUT2D eigenvalue weighted by molar-refractivity contribution is 5.80. The molecular weight excluding hydrogens is 308 g/mol. The van der Waals surface area contributed by atoms with E-state index in [-0.39, 0.29) is 36.7 Å². The second kappa shape index (κ2) is 7.40. The van der Waals surface area contributed by atoms with Crippen molar-refractivity contribution in [2.75, 3.05) is 33.9 Å². The largest absolute Gasteiger partial charge is 0.370 e. The Hall–Kier alpha value is -1.14. The van der Waals surface area contributed by atoms with Gasteiger partial charge in [0.15, 0.2) is 0 Å². The highest BCUT2D eigenvalue weighted by Gasteiger charge is 2.45. The summed E-state index contributed by atoms with van der Waals surface area (Å²) in [5.41, 5.74) is 0. The number of amides is 2. The van der Waals surface area contributed by atoms with Crippen molar-refractivity contribution in [1.82, 2.24) is 9.80 Å². The van der Waals surface area contributed by atoms with E-state index in [4.69, 9.17) is 9.47 Å². The molecule has 0 aromatic heterocycles. The molecule has 24 heavy (non-hydrogen) atoms. The Bertz CT molecular complexity index is 476. The van der Waals surface area contributed by atoms with E-state index in [2.05, 4.69) is 11.8 Å². The van der Waals surface area contributed by atoms with Crippen molar-refractivity contribution in [2.24, 2.45) is 11.8 Å². The minimum atomic E-state index is -0.0314. The molecule has 3 rings (SSSR count). The summed E-state index contributed by atoms with van der Waals surface area (Å²) in [5, 5.41) is 0. The number of ether oxygens (including phenoxy) is 2. The van der Waals surface area contributed by atoms with Gasteiger partial charge < -0.3 is 19.3 Å². The maximum Gasteiger partial charge on any atom is 0.248 e. The predicted molar refractivity (Wildman–Crippen MR) is 89.4 cm³/mol. The van der Waals surface area contributed by atoms with Gasteiger partial charge in [0, 0.05) is 26.6 Å². The van der Waals surface area contributed by atoms with E-state index < -0.39 is 0 Å². The fraction of sp³-hybridized carbons (Fsp3) is 0.889. The van der Waals surface area contributed by atoms with Gasteiger partial charge in [-0.1, -0.05) is 6.92 Å². The molecule has 2 aliphatic heterocycles. The molecule has 2 amide bonds. The van der Waals surface area contributed by atoms with Crippen LogP contribution in [0.2, 0.25) is 0 Å². The Labute approximate surface area is 144 Å². The van der Waals surface area contributed by atoms with Crippen molar-refractivity contribution < 1.29 is 19.1 Å². The average Bonchev–Trinajstić information content (AvgIpc) is 2.94. The van der Waals surface area contributed by atoms with Crippen molar-refractivity contribution in [2.45, 2.75) is 57.3 Å². The lowest BCUT2D eigenvalue weighted by Crippen LogP contribution is -2.49. The van der Waals surface area contributed by atoms with E-state index in [1.54, 1.807) is 14.1 Å². The van der Waals surface area contributed by atoms with Crippen molar-refractivity contribution in [3.63, 3.8) is 0 Å². The smallest absolute Gasteiger partial charge is 0.248 e. The second-order valence-corrected chi connectivity index (χ2v) is 7.84. The van der Waals surface area contributed by atoms with Gasteiger partial charge in [-0.15, -0.1) is 0 Å². The summed E-state index contributed by atoms with van der Waals surface area (Å²) >= 11 is 0. The van der Waals surface area contributed by atoms with E-state index in [0.29, 0.717) is 18.4 Å². The van der Waals surface area contributed by atoms with Crippen LogP contribution < -0.4 is 0 Å². The molecule has 1 aliphatic carbocycles. The summed E-state index contributed by atoms with van der Waals surface area (Å²) in [5.74, 6) is 1.26. The van der Waals surface area contributed by atoms with Crippen molar-refractivity contribution in [3.8, 4) is 0 Å². The molecule has 0 unspecified atom stereocenters. The Morgan fingerprint density at radius 3 is 2.62 bits per heavy atom. The molecular formula is C18H30N2O4. The molecule has 136 valence electrons. The normalized spacial score (nSPS) is 35.3. The van der Waals surface area contributed by atoms with Crippen LogP contribution in [0.5, 0.6) is 0 Å². The van der Waals surface area contributed by atoms with E-state index in [1.165, 1.54) is 4.90 Å². The highest BCUT2D eigenvalue weighted by Crippen LogP contribution is 2.38. The molecule has 0 bridgehead atoms. The van der Waals surface area contributed by atoms with Crippen molar-refractivity contribution in [3.05, 3.63) is 0 Å². The lowest BCUT2D eigenvalue weighted by Gasteiger charge is -2.40. The summed E-state index contributed by atoms with van der Waals surface area (Å²) in [6.45, 7) is 3.60. The van der Waals surface area contributed by atoms with Crippen LogP contribution in [0.1, 0.15) is 39.0 Å². The van der Waals surface area contributed by atoms with Gasteiger partial charge in [-0.25, -0.2) is 0 Å². The molecule has 6 nitrogen and oxygen atoms in total. The lowest BCUT2D eigenvalue weighted by molar-refractivity contribution is -0.148. The zero-order chi connectivity index (χ0) is 17.3. The summed E-state index contributed by atoms with van der Waals surface area (Å²) in [6, 6.07) is 0.244. The van der Waals surface area contributed by atoms with Crippen LogP contribution in [0.25, 0.3) is 0 Å². The average molecular weight is 338 g/mol. The van der Waals surface area contributed by atoms with E-state index >= 15 is 0 Å². The number of fused-ring (bicyclic) bond motifs is 1. The zero-order valence-electron chi connectivity index (χ0n) is 15.1. The Kier molecular flexibility index (Phi) is 5.45. The van der Waals surface area contributed by atoms with Crippen LogP contribution in [0, 0.1) is 11.8 Å². The maximum absolute atomic E-state index is 12.6. The molecule has 6 heteroatoms. The van der Waals surface area contributed by atoms with Gasteiger partial charge >= 0.3 is 0 Å². The van der Waals surface area contributed by atoms with Gasteiger partial charge in [-0.05, 0) is 38.0 Å². The second-order valence-electron chi connectivity index (χ2n) is 7.84. The number of rotatable bonds is 5. The number of likely N-dealkylation sites (N-methyl/N-ethyl adjacent to an activating group) is 1. The van der Waals surface area contributed by atoms with Gasteiger partial charge in [0.25, 0.3) is 0 Å². The van der Waals surface area contributed by atoms with E-state index in [9.17, 15) is 9.59 Å². The third-order valence-electron chi connectivity index (χ3n) is 5.67. The first-order chi connectivity index (χ1) is 11.5. The molecule has 2 heterocycles. The number of likely N-dealkylation sites (tertiary alicyclic amines) is 1. The number of nitrogens with zero attached hydrogens (tertiary/aromatic N) is 2. The van der Waals surface area contributed by atoms with Crippen molar-refractivity contribution >= 4 is 11.8 Å². The molecule has 0 N–H and O–H groups in total. The summed E-state index contributed by atoms with van der Waals surface area (Å²) in [7, 11) is 3.45. The minimum absolute atomic E-state index is 0.0314. The third kappa shape index (κ3) is 3.75. The van der Waals surface area contributed by atoms with Crippen LogP contribution in [0.4, 0.5) is 0 Å². The fourth-order valence-corrected chi connectivity index (χ4v) is 4.14. The summed E-state index contributed by atoms with van der Waals surface area (Å²) in [4.78, 5) is 27.8. The van der Waals surface area contributed by atoms with E-state index in [0.717, 1.165) is 38.6 Å². The molecule has 0 radical (unpaired) electrons. The van der Waals surface area contributed by atoms with Gasteiger partial charge in [-0.3, -0.25) is 9.59 Å². The minimum Gasteiger partial charge on any atom is -0.370 e. The quantitative estimate of drug-likeness (QED) is 0.758. The van der Waals surface area contributed by atoms with Crippen LogP contribution in [0.3, 0.4) is 0 Å². The molecule has 1 saturated carbocycles. The molecule has 3 atom stereocenters. The van der Waals surface area contributed by atoms with Gasteiger partial charge in [-0.2, -0.15) is 0 Å². The maximum atomic E-state index is 12.6. The van der Waals surface area contributed by atoms with Crippen LogP contribution in [-0.4, -0.2) is 73.7 Å². The molecule has 0 spiro atoms. The van der Waals surface area contributed by atoms with Gasteiger partial charge in [0.05, 0.1) is 24.9 Å². The standard InChI is InChI=1S/C18H30N2O4/c1-12-8-13(9-12)18(22)20-7-6-16-15(20)5-4-14(24-16)10-23-11-17(21)19(2)3/h12-16H,4-11H2,1-3H3/t12?,13?,14-,15+,16+/m0/s1. The first-order valence-electron chi connectivity index (χ1n) is 9.19. The van der Waals surface area contributed by atoms with Crippen LogP contribution in [0.15, 0.2) is 0 Å². The zero-order valence-corrected chi connectivity index (χ0v) is 15.1. The van der Waals surface area contributed by atoms with E-state index in [1.807, 2.05) is 0 Å². The first kappa shape index (κ1) is 17.7. The van der Waals surface area contributed by atoms with Gasteiger partial charge in [0.2, 0.25) is 11.8 Å². The number of carbonyl (C=O) groups is 2. The SMILES string of the molecule is CC1CC(C(=O)N2CC[C@H]3O[C@H](COCC(=O)N(C)C)CC[C@H]32)C1. The number of hydrogen-bond donors (Lipinski definition) is 0. The van der Waals surface area contributed by atoms with Crippen LogP contribution in [-0.2, 0) is 19.1 Å². The Morgan fingerprint density at radius 2 is 1.96 bits per heavy atom. The van der Waals surface area contributed by atoms with Crippen LogP contribution >= 0.6 is 0 Å². The monoisotopic (exact) mass is 338 g/mol. The first-order valence-corrected chi connectivity index (χ1v) is 9.19. The predicted octanol–water partition coefficient (Wildman–Crippen LogP) is 1.29. The van der Waals surface area contributed by atoms with Crippen molar-refractivity contribution in [1.29, 1.82) is 0 Å². The highest BCUT2D eigenvalue weighted by atomic mass is 16.5.